The maximum atomic E-state index is 6.28. The second kappa shape index (κ2) is 6.07. The van der Waals surface area contributed by atoms with Crippen molar-refractivity contribution in [1.29, 1.82) is 0 Å². The van der Waals surface area contributed by atoms with Gasteiger partial charge < -0.3 is 15.4 Å². The minimum Gasteiger partial charge on any atom is -0.453 e. The van der Waals surface area contributed by atoms with Gasteiger partial charge in [-0.1, -0.05) is 41.6 Å². The number of nitrogens with zero attached hydrogens (tertiary/aromatic N) is 2. The number of aromatic nitrogens is 1. The SMILES string of the molecule is NC1SC=C(C2CC2)N1c1ncc(Cl)cc1Oc1ccccc1. The van der Waals surface area contributed by atoms with Gasteiger partial charge >= 0.3 is 0 Å². The molecule has 1 aromatic carbocycles. The van der Waals surface area contributed by atoms with Crippen LogP contribution in [0.15, 0.2) is 53.7 Å². The van der Waals surface area contributed by atoms with Gasteiger partial charge in [-0.15, -0.1) is 0 Å². The number of halogens is 1. The Balaban J connectivity index is 1.72. The summed E-state index contributed by atoms with van der Waals surface area (Å²) in [5.41, 5.74) is 7.32. The first-order valence-electron chi connectivity index (χ1n) is 7.51. The first kappa shape index (κ1) is 14.9. The van der Waals surface area contributed by atoms with Crippen LogP contribution in [0.25, 0.3) is 0 Å². The smallest absolute Gasteiger partial charge is 0.178 e. The Labute approximate surface area is 144 Å². The van der Waals surface area contributed by atoms with Crippen LogP contribution in [-0.2, 0) is 0 Å². The number of allylic oxidation sites excluding steroid dienone is 1. The van der Waals surface area contributed by atoms with Crippen molar-refractivity contribution in [2.45, 2.75) is 18.3 Å². The van der Waals surface area contributed by atoms with Crippen LogP contribution in [0.4, 0.5) is 5.82 Å². The molecule has 4 nitrogen and oxygen atoms in total. The summed E-state index contributed by atoms with van der Waals surface area (Å²) in [7, 11) is 0. The summed E-state index contributed by atoms with van der Waals surface area (Å²) in [6.07, 6.45) is 4.05. The van der Waals surface area contributed by atoms with Gasteiger partial charge in [-0.2, -0.15) is 0 Å². The summed E-state index contributed by atoms with van der Waals surface area (Å²) in [6, 6.07) is 11.4. The van der Waals surface area contributed by atoms with Gasteiger partial charge in [-0.3, -0.25) is 0 Å². The van der Waals surface area contributed by atoms with Gasteiger partial charge in [0.1, 0.15) is 11.2 Å². The fourth-order valence-corrected chi connectivity index (χ4v) is 3.68. The van der Waals surface area contributed by atoms with E-state index >= 15 is 0 Å². The van der Waals surface area contributed by atoms with E-state index in [1.54, 1.807) is 24.0 Å². The lowest BCUT2D eigenvalue weighted by atomic mass is 10.2. The van der Waals surface area contributed by atoms with E-state index in [-0.39, 0.29) is 5.50 Å². The molecule has 1 aliphatic carbocycles. The van der Waals surface area contributed by atoms with Crippen LogP contribution in [-0.4, -0.2) is 10.5 Å². The monoisotopic (exact) mass is 345 g/mol. The molecule has 2 heterocycles. The van der Waals surface area contributed by atoms with Crippen LogP contribution >= 0.6 is 23.4 Å². The molecular formula is C17H16ClN3OS. The number of rotatable bonds is 4. The predicted molar refractivity (Wildman–Crippen MR) is 94.6 cm³/mol. The van der Waals surface area contributed by atoms with E-state index in [0.717, 1.165) is 5.75 Å². The molecule has 0 bridgehead atoms. The normalized spacial score (nSPS) is 20.5. The van der Waals surface area contributed by atoms with E-state index in [2.05, 4.69) is 15.3 Å². The zero-order valence-corrected chi connectivity index (χ0v) is 13.9. The van der Waals surface area contributed by atoms with Gasteiger partial charge in [0, 0.05) is 18.0 Å². The average molecular weight is 346 g/mol. The standard InChI is InChI=1S/C17H16ClN3OS/c18-12-8-15(22-13-4-2-1-3-5-13)16(20-9-12)21-14(11-6-7-11)10-23-17(21)19/h1-5,8-11,17H,6-7,19H2. The second-order valence-electron chi connectivity index (χ2n) is 5.60. The first-order valence-corrected chi connectivity index (χ1v) is 8.83. The maximum absolute atomic E-state index is 6.28. The van der Waals surface area contributed by atoms with E-state index in [0.29, 0.717) is 22.5 Å². The summed E-state index contributed by atoms with van der Waals surface area (Å²) >= 11 is 7.73. The number of ether oxygens (including phenoxy) is 1. The highest BCUT2D eigenvalue weighted by atomic mass is 35.5. The number of hydrogen-bond acceptors (Lipinski definition) is 5. The van der Waals surface area contributed by atoms with Crippen molar-refractivity contribution in [3.8, 4) is 11.5 Å². The molecule has 118 valence electrons. The minimum atomic E-state index is -0.183. The number of nitrogens with two attached hydrogens (primary N) is 1. The Kier molecular flexibility index (Phi) is 3.93. The minimum absolute atomic E-state index is 0.183. The molecule has 2 aromatic rings. The summed E-state index contributed by atoms with van der Waals surface area (Å²) in [5.74, 6) is 2.66. The highest BCUT2D eigenvalue weighted by Crippen LogP contribution is 2.48. The average Bonchev–Trinajstić information content (AvgIpc) is 3.32. The van der Waals surface area contributed by atoms with E-state index in [9.17, 15) is 0 Å². The molecule has 2 aliphatic rings. The molecule has 2 N–H and O–H groups in total. The molecule has 6 heteroatoms. The van der Waals surface area contributed by atoms with Crippen LogP contribution in [0.5, 0.6) is 11.5 Å². The second-order valence-corrected chi connectivity index (χ2v) is 7.03. The van der Waals surface area contributed by atoms with Crippen molar-refractivity contribution in [3.63, 3.8) is 0 Å². The number of thioether (sulfide) groups is 1. The van der Waals surface area contributed by atoms with Gasteiger partial charge in [-0.05, 0) is 36.3 Å². The lowest BCUT2D eigenvalue weighted by Gasteiger charge is -2.27. The Morgan fingerprint density at radius 2 is 2.04 bits per heavy atom. The molecular weight excluding hydrogens is 330 g/mol. The van der Waals surface area contributed by atoms with Crippen molar-refractivity contribution in [3.05, 3.63) is 58.7 Å². The molecule has 23 heavy (non-hydrogen) atoms. The number of anilines is 1. The lowest BCUT2D eigenvalue weighted by Crippen LogP contribution is -2.36. The topological polar surface area (TPSA) is 51.4 Å². The molecule has 0 radical (unpaired) electrons. The largest absolute Gasteiger partial charge is 0.453 e. The fraction of sp³-hybridized carbons (Fsp3) is 0.235. The van der Waals surface area contributed by atoms with Gasteiger partial charge in [0.25, 0.3) is 0 Å². The first-order chi connectivity index (χ1) is 11.2. The zero-order valence-electron chi connectivity index (χ0n) is 12.4. The van der Waals surface area contributed by atoms with Gasteiger partial charge in [0.05, 0.1) is 5.02 Å². The quantitative estimate of drug-likeness (QED) is 0.879. The fourth-order valence-electron chi connectivity index (χ4n) is 2.60. The van der Waals surface area contributed by atoms with E-state index in [1.165, 1.54) is 18.5 Å². The van der Waals surface area contributed by atoms with Crippen molar-refractivity contribution >= 4 is 29.2 Å². The highest BCUT2D eigenvalue weighted by Gasteiger charge is 2.38. The van der Waals surface area contributed by atoms with Gasteiger partial charge in [0.15, 0.2) is 11.6 Å². The van der Waals surface area contributed by atoms with Gasteiger partial charge in [0.2, 0.25) is 0 Å². The van der Waals surface area contributed by atoms with E-state index in [4.69, 9.17) is 22.1 Å². The number of benzene rings is 1. The molecule has 1 saturated carbocycles. The third kappa shape index (κ3) is 3.04. The Morgan fingerprint density at radius 1 is 1.26 bits per heavy atom. The third-order valence-corrected chi connectivity index (χ3v) is 4.93. The molecule has 0 amide bonds. The molecule has 4 rings (SSSR count). The molecule has 1 fully saturated rings. The summed E-state index contributed by atoms with van der Waals surface area (Å²) in [4.78, 5) is 6.57. The summed E-state index contributed by atoms with van der Waals surface area (Å²) < 4.78 is 6.02. The molecule has 1 aliphatic heterocycles. The van der Waals surface area contributed by atoms with Crippen molar-refractivity contribution < 1.29 is 4.74 Å². The number of hydrogen-bond donors (Lipinski definition) is 1. The summed E-state index contributed by atoms with van der Waals surface area (Å²) in [5, 5.41) is 2.68. The van der Waals surface area contributed by atoms with Crippen molar-refractivity contribution in [2.24, 2.45) is 11.7 Å². The van der Waals surface area contributed by atoms with Crippen molar-refractivity contribution in [1.82, 2.24) is 4.98 Å². The predicted octanol–water partition coefficient (Wildman–Crippen LogP) is 4.57. The van der Waals surface area contributed by atoms with Crippen LogP contribution in [0.2, 0.25) is 5.02 Å². The third-order valence-electron chi connectivity index (χ3n) is 3.86. The lowest BCUT2D eigenvalue weighted by molar-refractivity contribution is 0.479. The maximum Gasteiger partial charge on any atom is 0.178 e. The molecule has 1 atom stereocenters. The van der Waals surface area contributed by atoms with Gasteiger partial charge in [-0.25, -0.2) is 4.98 Å². The van der Waals surface area contributed by atoms with E-state index < -0.39 is 0 Å². The Hall–Kier alpha value is -1.69. The Bertz CT molecular complexity index is 749. The molecule has 1 unspecified atom stereocenters. The van der Waals surface area contributed by atoms with E-state index in [1.807, 2.05) is 30.3 Å². The van der Waals surface area contributed by atoms with Crippen LogP contribution in [0.1, 0.15) is 12.8 Å². The molecule has 1 aromatic heterocycles. The van der Waals surface area contributed by atoms with Crippen LogP contribution in [0, 0.1) is 5.92 Å². The summed E-state index contributed by atoms with van der Waals surface area (Å²) in [6.45, 7) is 0. The molecule has 0 spiro atoms. The molecule has 0 saturated heterocycles. The number of para-hydroxylation sites is 1. The zero-order chi connectivity index (χ0) is 15.8. The van der Waals surface area contributed by atoms with Crippen LogP contribution < -0.4 is 15.4 Å². The number of pyridine rings is 1. The van der Waals surface area contributed by atoms with Crippen LogP contribution in [0.3, 0.4) is 0 Å². The Morgan fingerprint density at radius 3 is 2.78 bits per heavy atom. The van der Waals surface area contributed by atoms with Crippen molar-refractivity contribution in [2.75, 3.05) is 4.90 Å². The highest BCUT2D eigenvalue weighted by molar-refractivity contribution is 8.03.